The largest absolute Gasteiger partial charge is 0.381 e. The minimum Gasteiger partial charge on any atom is -0.381 e. The average molecular weight is 419 g/mol. The van der Waals surface area contributed by atoms with E-state index in [4.69, 9.17) is 5.73 Å². The first-order valence-electron chi connectivity index (χ1n) is 10.2. The highest BCUT2D eigenvalue weighted by Crippen LogP contribution is 2.25. The summed E-state index contributed by atoms with van der Waals surface area (Å²) in [6.07, 6.45) is 4.94. The zero-order valence-corrected chi connectivity index (χ0v) is 17.5. The Morgan fingerprint density at radius 2 is 1.90 bits per heavy atom. The normalized spacial score (nSPS) is 14.3. The number of piperidine rings is 1. The molecule has 1 amide bonds. The van der Waals surface area contributed by atoms with Crippen molar-refractivity contribution < 1.29 is 4.79 Å². The summed E-state index contributed by atoms with van der Waals surface area (Å²) in [6.45, 7) is 5.43. The lowest BCUT2D eigenvalue weighted by Crippen LogP contribution is -2.40. The van der Waals surface area contributed by atoms with Crippen LogP contribution in [0.5, 0.6) is 0 Å². The molecule has 1 saturated heterocycles. The van der Waals surface area contributed by atoms with Gasteiger partial charge in [-0.05, 0) is 44.9 Å². The minimum atomic E-state index is -0.521. The molecule has 1 fully saturated rings. The Morgan fingerprint density at radius 1 is 1.10 bits per heavy atom. The van der Waals surface area contributed by atoms with E-state index >= 15 is 0 Å². The van der Waals surface area contributed by atoms with E-state index in [1.54, 1.807) is 18.3 Å². The molecular weight excluding hydrogens is 394 g/mol. The van der Waals surface area contributed by atoms with Crippen molar-refractivity contribution in [3.63, 3.8) is 0 Å². The monoisotopic (exact) mass is 419 g/mol. The van der Waals surface area contributed by atoms with Gasteiger partial charge in [-0.25, -0.2) is 15.0 Å². The Balaban J connectivity index is 1.45. The summed E-state index contributed by atoms with van der Waals surface area (Å²) in [7, 11) is 0. The lowest BCUT2D eigenvalue weighted by molar-refractivity contribution is 0.100. The first-order valence-corrected chi connectivity index (χ1v) is 10.2. The summed E-state index contributed by atoms with van der Waals surface area (Å²) in [5, 5.41) is 15.0. The van der Waals surface area contributed by atoms with Gasteiger partial charge in [0.05, 0.1) is 16.9 Å². The number of rotatable bonds is 6. The Labute approximate surface area is 180 Å². The first-order chi connectivity index (χ1) is 15.0. The van der Waals surface area contributed by atoms with E-state index < -0.39 is 5.91 Å². The number of primary amides is 1. The number of aryl methyl sites for hydroxylation is 2. The lowest BCUT2D eigenvalue weighted by Gasteiger charge is -2.33. The fourth-order valence-electron chi connectivity index (χ4n) is 3.53. The van der Waals surface area contributed by atoms with Gasteiger partial charge in [0.25, 0.3) is 5.91 Å². The van der Waals surface area contributed by atoms with Crippen molar-refractivity contribution in [2.75, 3.05) is 28.6 Å². The van der Waals surface area contributed by atoms with Crippen LogP contribution in [0.25, 0.3) is 0 Å². The summed E-state index contributed by atoms with van der Waals surface area (Å²) < 4.78 is 0. The van der Waals surface area contributed by atoms with Crippen LogP contribution < -0.4 is 21.3 Å². The maximum Gasteiger partial charge on any atom is 0.252 e. The summed E-state index contributed by atoms with van der Waals surface area (Å²) in [5.41, 5.74) is 7.48. The molecule has 0 saturated carbocycles. The Morgan fingerprint density at radius 3 is 2.58 bits per heavy atom. The van der Waals surface area contributed by atoms with Crippen LogP contribution in [0.4, 0.5) is 23.1 Å². The maximum absolute atomic E-state index is 11.9. The predicted octanol–water partition coefficient (Wildman–Crippen LogP) is 2.20. The second kappa shape index (κ2) is 8.90. The van der Waals surface area contributed by atoms with Crippen molar-refractivity contribution in [3.05, 3.63) is 53.7 Å². The van der Waals surface area contributed by atoms with Crippen molar-refractivity contribution in [3.8, 4) is 0 Å². The zero-order chi connectivity index (χ0) is 21.8. The number of hydrogen-bond donors (Lipinski definition) is 3. The van der Waals surface area contributed by atoms with E-state index in [2.05, 4.69) is 40.7 Å². The number of carbonyl (C=O) groups is 1. The summed E-state index contributed by atoms with van der Waals surface area (Å²) in [5.74, 6) is 2.22. The second-order valence-corrected chi connectivity index (χ2v) is 7.53. The van der Waals surface area contributed by atoms with Crippen LogP contribution in [0.2, 0.25) is 0 Å². The van der Waals surface area contributed by atoms with E-state index in [1.165, 1.54) is 6.20 Å². The van der Waals surface area contributed by atoms with Gasteiger partial charge in [0.2, 0.25) is 0 Å². The molecule has 4 heterocycles. The second-order valence-electron chi connectivity index (χ2n) is 7.53. The molecule has 1 aliphatic rings. The van der Waals surface area contributed by atoms with Crippen LogP contribution in [0.1, 0.15) is 34.7 Å². The number of pyridine rings is 1. The van der Waals surface area contributed by atoms with E-state index in [0.29, 0.717) is 28.7 Å². The average Bonchev–Trinajstić information content (AvgIpc) is 2.75. The molecule has 160 valence electrons. The number of nitrogens with two attached hydrogens (primary N) is 1. The van der Waals surface area contributed by atoms with E-state index in [-0.39, 0.29) is 6.04 Å². The fraction of sp³-hybridized carbons (Fsp3) is 0.333. The topological polar surface area (TPSA) is 135 Å². The highest BCUT2D eigenvalue weighted by atomic mass is 16.1. The molecule has 1 aliphatic heterocycles. The minimum absolute atomic E-state index is 0.198. The predicted molar refractivity (Wildman–Crippen MR) is 118 cm³/mol. The number of nitrogens with one attached hydrogen (secondary N) is 2. The maximum atomic E-state index is 11.9. The van der Waals surface area contributed by atoms with Crippen molar-refractivity contribution in [1.82, 2.24) is 25.1 Å². The van der Waals surface area contributed by atoms with Crippen LogP contribution in [-0.4, -0.2) is 50.2 Å². The molecular formula is C21H25N9O. The zero-order valence-electron chi connectivity index (χ0n) is 17.5. The van der Waals surface area contributed by atoms with E-state index in [0.717, 1.165) is 37.4 Å². The molecule has 0 aliphatic carbocycles. The third kappa shape index (κ3) is 5.03. The van der Waals surface area contributed by atoms with Crippen LogP contribution in [-0.2, 0) is 0 Å². The van der Waals surface area contributed by atoms with Gasteiger partial charge in [0.1, 0.15) is 17.5 Å². The molecule has 31 heavy (non-hydrogen) atoms. The number of aromatic nitrogens is 5. The third-order valence-electron chi connectivity index (χ3n) is 5.16. The smallest absolute Gasteiger partial charge is 0.252 e. The van der Waals surface area contributed by atoms with Crippen LogP contribution in [0.3, 0.4) is 0 Å². The number of carbonyl (C=O) groups excluding carboxylic acids is 1. The molecule has 0 aromatic carbocycles. The standard InChI is InChI=1S/C21H25N9O/c1-13-3-4-20(29-28-13)30-9-6-15(7-10-30)26-17-11-19(24-12-16(17)21(22)31)27-18-5-8-23-14(2)25-18/h3-5,8,11-12,15H,6-7,9-10H2,1-2H3,(H2,22,31)(H2,23,24,25,26,27). The fourth-order valence-corrected chi connectivity index (χ4v) is 3.53. The Bertz CT molecular complexity index is 1060. The van der Waals surface area contributed by atoms with Gasteiger partial charge in [-0.3, -0.25) is 4.79 Å². The molecule has 3 aromatic heterocycles. The summed E-state index contributed by atoms with van der Waals surface area (Å²) >= 11 is 0. The third-order valence-corrected chi connectivity index (χ3v) is 5.16. The van der Waals surface area contributed by atoms with Gasteiger partial charge >= 0.3 is 0 Å². The quantitative estimate of drug-likeness (QED) is 0.549. The van der Waals surface area contributed by atoms with Crippen molar-refractivity contribution in [2.24, 2.45) is 5.73 Å². The van der Waals surface area contributed by atoms with Gasteiger partial charge in [-0.15, -0.1) is 5.10 Å². The Hall–Kier alpha value is -3.82. The van der Waals surface area contributed by atoms with Crippen LogP contribution >= 0.6 is 0 Å². The van der Waals surface area contributed by atoms with Crippen LogP contribution in [0, 0.1) is 13.8 Å². The molecule has 10 nitrogen and oxygen atoms in total. The van der Waals surface area contributed by atoms with Gasteiger partial charge in [-0.2, -0.15) is 5.10 Å². The van der Waals surface area contributed by atoms with E-state index in [9.17, 15) is 4.79 Å². The van der Waals surface area contributed by atoms with Crippen molar-refractivity contribution in [2.45, 2.75) is 32.7 Å². The van der Waals surface area contributed by atoms with Crippen LogP contribution in [0.15, 0.2) is 36.7 Å². The molecule has 4 N–H and O–H groups in total. The Kier molecular flexibility index (Phi) is 5.87. The molecule has 0 spiro atoms. The lowest BCUT2D eigenvalue weighted by atomic mass is 10.0. The molecule has 4 rings (SSSR count). The SMILES string of the molecule is Cc1ccc(N2CCC(Nc3cc(Nc4ccnc(C)n4)ncc3C(N)=O)CC2)nn1. The summed E-state index contributed by atoms with van der Waals surface area (Å²) in [4.78, 5) is 26.9. The van der Waals surface area contributed by atoms with Crippen molar-refractivity contribution in [1.29, 1.82) is 0 Å². The number of hydrogen-bond acceptors (Lipinski definition) is 9. The molecule has 0 unspecified atom stereocenters. The number of anilines is 4. The molecule has 0 bridgehead atoms. The van der Waals surface area contributed by atoms with Gasteiger partial charge in [0.15, 0.2) is 5.82 Å². The van der Waals surface area contributed by atoms with Crippen molar-refractivity contribution >= 4 is 29.0 Å². The van der Waals surface area contributed by atoms with Gasteiger partial charge in [0, 0.05) is 37.6 Å². The number of amides is 1. The molecule has 0 radical (unpaired) electrons. The van der Waals surface area contributed by atoms with Gasteiger partial charge in [-0.1, -0.05) is 0 Å². The molecule has 3 aromatic rings. The molecule has 10 heteroatoms. The highest BCUT2D eigenvalue weighted by molar-refractivity contribution is 5.98. The van der Waals surface area contributed by atoms with Gasteiger partial charge < -0.3 is 21.3 Å². The summed E-state index contributed by atoms with van der Waals surface area (Å²) in [6, 6.07) is 7.71. The molecule has 0 atom stereocenters. The number of nitrogens with zero attached hydrogens (tertiary/aromatic N) is 6. The first kappa shape index (κ1) is 20.5. The highest BCUT2D eigenvalue weighted by Gasteiger charge is 2.22. The van der Waals surface area contributed by atoms with E-state index in [1.807, 2.05) is 26.0 Å².